The van der Waals surface area contributed by atoms with Crippen LogP contribution in [-0.4, -0.2) is 6.71 Å². The normalized spacial score (nSPS) is 13.2. The zero-order valence-corrected chi connectivity index (χ0v) is 22.5. The molecule has 5 aromatic carbocycles. The van der Waals surface area contributed by atoms with Crippen LogP contribution in [0.25, 0.3) is 0 Å². The van der Waals surface area contributed by atoms with Gasteiger partial charge in [-0.2, -0.15) is 0 Å². The van der Waals surface area contributed by atoms with E-state index in [-0.39, 0.29) is 6.71 Å². The molecule has 5 aromatic rings. The molecule has 2 heterocycles. The Labute approximate surface area is 226 Å². The average Bonchev–Trinajstić information content (AvgIpc) is 2.93. The zero-order valence-electron chi connectivity index (χ0n) is 22.5. The Morgan fingerprint density at radius 1 is 0.526 bits per heavy atom. The fourth-order valence-electron chi connectivity index (χ4n) is 6.30. The predicted octanol–water partition coefficient (Wildman–Crippen LogP) is 7.26. The van der Waals surface area contributed by atoms with Gasteiger partial charge in [0, 0.05) is 34.1 Å². The summed E-state index contributed by atoms with van der Waals surface area (Å²) in [7, 11) is 0. The van der Waals surface area contributed by atoms with Gasteiger partial charge >= 0.3 is 0 Å². The minimum Gasteiger partial charge on any atom is -0.311 e. The standard InChI is InChI=1S/C35H31BN2/c1-5-26-21-33-35-34(22-26)38(28-15-11-23(2)12-16-28)32-20-25(4)14-18-30(32)36(35)29-17-13-24(3)19-31(29)37(33)27-9-7-6-8-10-27/h6-22H,5H2,1-4H3. The summed E-state index contributed by atoms with van der Waals surface area (Å²) >= 11 is 0. The fourth-order valence-corrected chi connectivity index (χ4v) is 6.30. The van der Waals surface area contributed by atoms with Crippen molar-refractivity contribution in [3.63, 3.8) is 0 Å². The van der Waals surface area contributed by atoms with E-state index in [1.807, 2.05) is 0 Å². The summed E-state index contributed by atoms with van der Waals surface area (Å²) in [5.74, 6) is 0. The van der Waals surface area contributed by atoms with Crippen molar-refractivity contribution in [1.29, 1.82) is 0 Å². The lowest BCUT2D eigenvalue weighted by atomic mass is 9.33. The Morgan fingerprint density at radius 2 is 1.03 bits per heavy atom. The largest absolute Gasteiger partial charge is 0.311 e. The third-order valence-corrected chi connectivity index (χ3v) is 8.16. The van der Waals surface area contributed by atoms with E-state index in [2.05, 4.69) is 141 Å². The highest BCUT2D eigenvalue weighted by molar-refractivity contribution is 7.00. The van der Waals surface area contributed by atoms with Gasteiger partial charge in [0.05, 0.1) is 0 Å². The Kier molecular flexibility index (Phi) is 5.23. The van der Waals surface area contributed by atoms with Crippen LogP contribution in [0, 0.1) is 20.8 Å². The minimum absolute atomic E-state index is 0.179. The van der Waals surface area contributed by atoms with Crippen LogP contribution in [0.5, 0.6) is 0 Å². The monoisotopic (exact) mass is 490 g/mol. The second-order valence-corrected chi connectivity index (χ2v) is 10.8. The maximum Gasteiger partial charge on any atom is 0.252 e. The Morgan fingerprint density at radius 3 is 1.55 bits per heavy atom. The molecule has 0 aliphatic carbocycles. The van der Waals surface area contributed by atoms with Crippen LogP contribution >= 0.6 is 0 Å². The van der Waals surface area contributed by atoms with Crippen LogP contribution in [0.1, 0.15) is 29.2 Å². The molecule has 38 heavy (non-hydrogen) atoms. The molecule has 0 fully saturated rings. The molecule has 2 aliphatic rings. The van der Waals surface area contributed by atoms with Gasteiger partial charge in [0.25, 0.3) is 6.71 Å². The van der Waals surface area contributed by atoms with Crippen LogP contribution in [0.2, 0.25) is 0 Å². The molecule has 0 bridgehead atoms. The van der Waals surface area contributed by atoms with Crippen LogP contribution in [0.15, 0.2) is 103 Å². The van der Waals surface area contributed by atoms with Gasteiger partial charge in [-0.05, 0) is 109 Å². The van der Waals surface area contributed by atoms with Crippen molar-refractivity contribution < 1.29 is 0 Å². The lowest BCUT2D eigenvalue weighted by molar-refractivity contribution is 1.12. The van der Waals surface area contributed by atoms with Crippen molar-refractivity contribution >= 4 is 57.2 Å². The number of para-hydroxylation sites is 1. The van der Waals surface area contributed by atoms with Gasteiger partial charge in [0.2, 0.25) is 0 Å². The summed E-state index contributed by atoms with van der Waals surface area (Å²) in [6.07, 6.45) is 0.983. The summed E-state index contributed by atoms with van der Waals surface area (Å²) in [6, 6.07) is 38.7. The first-order valence-corrected chi connectivity index (χ1v) is 13.6. The SMILES string of the molecule is CCc1cc2c3c(c1)N(c1ccc(C)cc1)c1cc(C)ccc1B3c1ccc(C)cc1N2c1ccccc1. The molecule has 3 heteroatoms. The molecule has 2 aliphatic heterocycles. The van der Waals surface area contributed by atoms with E-state index < -0.39 is 0 Å². The third-order valence-electron chi connectivity index (χ3n) is 8.16. The van der Waals surface area contributed by atoms with E-state index >= 15 is 0 Å². The molecular weight excluding hydrogens is 459 g/mol. The fraction of sp³-hybridized carbons (Fsp3) is 0.143. The lowest BCUT2D eigenvalue weighted by Gasteiger charge is -2.44. The van der Waals surface area contributed by atoms with Crippen LogP contribution in [0.4, 0.5) is 34.1 Å². The first-order valence-electron chi connectivity index (χ1n) is 13.6. The number of aryl methyl sites for hydroxylation is 4. The molecule has 0 saturated heterocycles. The van der Waals surface area contributed by atoms with Crippen LogP contribution < -0.4 is 26.2 Å². The van der Waals surface area contributed by atoms with Crippen LogP contribution in [-0.2, 0) is 6.42 Å². The zero-order chi connectivity index (χ0) is 26.0. The lowest BCUT2D eigenvalue weighted by Crippen LogP contribution is -2.61. The van der Waals surface area contributed by atoms with Crippen molar-refractivity contribution in [2.24, 2.45) is 0 Å². The van der Waals surface area contributed by atoms with Crippen molar-refractivity contribution in [1.82, 2.24) is 0 Å². The summed E-state index contributed by atoms with van der Waals surface area (Å²) < 4.78 is 0. The molecule has 0 atom stereocenters. The third kappa shape index (κ3) is 3.42. The maximum atomic E-state index is 2.50. The molecular formula is C35H31BN2. The van der Waals surface area contributed by atoms with E-state index in [1.165, 1.54) is 72.8 Å². The van der Waals surface area contributed by atoms with E-state index in [9.17, 15) is 0 Å². The predicted molar refractivity (Wildman–Crippen MR) is 164 cm³/mol. The molecule has 0 amide bonds. The van der Waals surface area contributed by atoms with Gasteiger partial charge in [-0.25, -0.2) is 0 Å². The molecule has 0 saturated carbocycles. The first-order chi connectivity index (χ1) is 18.5. The summed E-state index contributed by atoms with van der Waals surface area (Å²) in [6.45, 7) is 9.00. The second kappa shape index (κ2) is 8.67. The number of benzene rings is 5. The number of hydrogen-bond acceptors (Lipinski definition) is 2. The maximum absolute atomic E-state index is 2.50. The van der Waals surface area contributed by atoms with Gasteiger partial charge in [0.1, 0.15) is 0 Å². The number of hydrogen-bond donors (Lipinski definition) is 0. The number of rotatable bonds is 3. The highest BCUT2D eigenvalue weighted by atomic mass is 15.2. The number of fused-ring (bicyclic) bond motifs is 4. The van der Waals surface area contributed by atoms with E-state index in [0.29, 0.717) is 0 Å². The van der Waals surface area contributed by atoms with Gasteiger partial charge < -0.3 is 9.80 Å². The molecule has 0 radical (unpaired) electrons. The minimum atomic E-state index is 0.179. The molecule has 7 rings (SSSR count). The quantitative estimate of drug-likeness (QED) is 0.241. The topological polar surface area (TPSA) is 6.48 Å². The average molecular weight is 490 g/mol. The molecule has 0 N–H and O–H groups in total. The molecule has 0 aromatic heterocycles. The number of nitrogens with zero attached hydrogens (tertiary/aromatic N) is 2. The second-order valence-electron chi connectivity index (χ2n) is 10.8. The summed E-state index contributed by atoms with van der Waals surface area (Å²) in [5.41, 5.74) is 16.9. The summed E-state index contributed by atoms with van der Waals surface area (Å²) in [4.78, 5) is 4.99. The van der Waals surface area contributed by atoms with Gasteiger partial charge in [-0.3, -0.25) is 0 Å². The van der Waals surface area contributed by atoms with E-state index in [4.69, 9.17) is 0 Å². The molecule has 0 unspecified atom stereocenters. The van der Waals surface area contributed by atoms with Gasteiger partial charge in [0.15, 0.2) is 0 Å². The van der Waals surface area contributed by atoms with E-state index in [1.54, 1.807) is 0 Å². The van der Waals surface area contributed by atoms with Crippen molar-refractivity contribution in [2.75, 3.05) is 9.80 Å². The highest BCUT2D eigenvalue weighted by Gasteiger charge is 2.43. The van der Waals surface area contributed by atoms with E-state index in [0.717, 1.165) is 6.42 Å². The van der Waals surface area contributed by atoms with Gasteiger partial charge in [-0.1, -0.05) is 67.1 Å². The summed E-state index contributed by atoms with van der Waals surface area (Å²) in [5, 5.41) is 0. The smallest absolute Gasteiger partial charge is 0.252 e. The van der Waals surface area contributed by atoms with Crippen molar-refractivity contribution in [3.8, 4) is 0 Å². The molecule has 2 nitrogen and oxygen atoms in total. The Balaban J connectivity index is 1.61. The van der Waals surface area contributed by atoms with Gasteiger partial charge in [-0.15, -0.1) is 0 Å². The highest BCUT2D eigenvalue weighted by Crippen LogP contribution is 2.44. The Bertz CT molecular complexity index is 1690. The first kappa shape index (κ1) is 22.9. The Hall–Kier alpha value is -4.24. The van der Waals surface area contributed by atoms with Crippen molar-refractivity contribution in [2.45, 2.75) is 34.1 Å². The molecule has 184 valence electrons. The molecule has 0 spiro atoms. The number of anilines is 6. The van der Waals surface area contributed by atoms with Crippen LogP contribution in [0.3, 0.4) is 0 Å². The van der Waals surface area contributed by atoms with Crippen molar-refractivity contribution in [3.05, 3.63) is 125 Å².